The molecule has 1 aromatic heterocycles. The van der Waals surface area contributed by atoms with E-state index in [0.717, 1.165) is 13.1 Å². The molecule has 6 heteroatoms. The number of hydrogen-bond donors (Lipinski definition) is 2. The van der Waals surface area contributed by atoms with Crippen molar-refractivity contribution >= 4 is 11.7 Å². The topological polar surface area (TPSA) is 74.4 Å². The van der Waals surface area contributed by atoms with E-state index >= 15 is 0 Å². The van der Waals surface area contributed by atoms with Crippen LogP contribution in [0.1, 0.15) is 48.5 Å². The van der Waals surface area contributed by atoms with E-state index in [9.17, 15) is 9.59 Å². The lowest BCUT2D eigenvalue weighted by molar-refractivity contribution is -0.0778. The second-order valence-corrected chi connectivity index (χ2v) is 6.13. The molecule has 2 heterocycles. The summed E-state index contributed by atoms with van der Waals surface area (Å²) in [6.07, 6.45) is 1.98. The molecule has 1 aliphatic heterocycles. The van der Waals surface area contributed by atoms with Crippen molar-refractivity contribution in [2.24, 2.45) is 0 Å². The molecule has 2 N–H and O–H groups in total. The van der Waals surface area contributed by atoms with Crippen LogP contribution in [0.3, 0.4) is 0 Å². The van der Waals surface area contributed by atoms with Crippen molar-refractivity contribution < 1.29 is 14.3 Å². The lowest BCUT2D eigenvalue weighted by Gasteiger charge is -2.38. The average Bonchev–Trinajstić information content (AvgIpc) is 2.93. The van der Waals surface area contributed by atoms with Gasteiger partial charge in [-0.3, -0.25) is 14.5 Å². The number of Topliss-reactive ketones (excluding diaryl/α,β-unsaturated/α-hetero) is 1. The highest BCUT2D eigenvalue weighted by Crippen LogP contribution is 2.13. The number of hydrogen-bond acceptors (Lipinski definition) is 4. The minimum Gasteiger partial charge on any atom is -0.373 e. The summed E-state index contributed by atoms with van der Waals surface area (Å²) in [5.41, 5.74) is 0.940. The molecule has 0 spiro atoms. The van der Waals surface area contributed by atoms with Gasteiger partial charge < -0.3 is 15.0 Å². The summed E-state index contributed by atoms with van der Waals surface area (Å²) in [7, 11) is 0. The number of H-pyrrole nitrogens is 1. The first-order valence-corrected chi connectivity index (χ1v) is 7.74. The summed E-state index contributed by atoms with van der Waals surface area (Å²) in [6.45, 7) is 10.0. The van der Waals surface area contributed by atoms with Crippen molar-refractivity contribution in [1.82, 2.24) is 15.2 Å². The Morgan fingerprint density at radius 3 is 2.59 bits per heavy atom. The molecule has 1 aliphatic rings. The van der Waals surface area contributed by atoms with Crippen LogP contribution in [-0.2, 0) is 4.74 Å². The SMILES string of the molecule is CC(=O)c1c[nH]c(C(=O)NC[C@H](C)N2C[C@@H](C)O[C@@H](C)C2)c1. The smallest absolute Gasteiger partial charge is 0.267 e. The van der Waals surface area contributed by atoms with Gasteiger partial charge >= 0.3 is 0 Å². The molecule has 6 nitrogen and oxygen atoms in total. The predicted molar refractivity (Wildman–Crippen MR) is 84.2 cm³/mol. The second-order valence-electron chi connectivity index (χ2n) is 6.13. The predicted octanol–water partition coefficient (Wildman–Crippen LogP) is 1.44. The van der Waals surface area contributed by atoms with Crippen molar-refractivity contribution in [2.75, 3.05) is 19.6 Å². The van der Waals surface area contributed by atoms with E-state index in [1.54, 1.807) is 12.3 Å². The summed E-state index contributed by atoms with van der Waals surface area (Å²) in [5, 5.41) is 2.91. The minimum absolute atomic E-state index is 0.0556. The number of carbonyl (C=O) groups excluding carboxylic acids is 2. The molecule has 0 saturated carbocycles. The highest BCUT2D eigenvalue weighted by molar-refractivity contribution is 5.99. The van der Waals surface area contributed by atoms with Crippen molar-refractivity contribution in [3.8, 4) is 0 Å². The molecule has 3 atom stereocenters. The van der Waals surface area contributed by atoms with E-state index in [-0.39, 0.29) is 29.9 Å². The van der Waals surface area contributed by atoms with Crippen LogP contribution in [0.25, 0.3) is 0 Å². The van der Waals surface area contributed by atoms with Crippen LogP contribution in [-0.4, -0.2) is 59.5 Å². The summed E-state index contributed by atoms with van der Waals surface area (Å²) in [5.74, 6) is -0.242. The summed E-state index contributed by atoms with van der Waals surface area (Å²) < 4.78 is 5.72. The lowest BCUT2D eigenvalue weighted by atomic mass is 10.1. The third kappa shape index (κ3) is 4.18. The first-order chi connectivity index (χ1) is 10.4. The van der Waals surface area contributed by atoms with Crippen LogP contribution in [0.4, 0.5) is 0 Å². The first kappa shape index (κ1) is 16.7. The van der Waals surface area contributed by atoms with Gasteiger partial charge in [0.15, 0.2) is 5.78 Å². The van der Waals surface area contributed by atoms with Gasteiger partial charge in [-0.25, -0.2) is 0 Å². The van der Waals surface area contributed by atoms with Crippen molar-refractivity contribution in [2.45, 2.75) is 45.9 Å². The number of amides is 1. The number of rotatable bonds is 5. The monoisotopic (exact) mass is 307 g/mol. The molecular weight excluding hydrogens is 282 g/mol. The maximum absolute atomic E-state index is 12.1. The maximum Gasteiger partial charge on any atom is 0.267 e. The van der Waals surface area contributed by atoms with E-state index in [0.29, 0.717) is 17.8 Å². The molecule has 1 fully saturated rings. The third-order valence-corrected chi connectivity index (χ3v) is 3.96. The molecule has 0 aromatic carbocycles. The minimum atomic E-state index is -0.186. The molecule has 1 saturated heterocycles. The maximum atomic E-state index is 12.1. The Bertz CT molecular complexity index is 530. The van der Waals surface area contributed by atoms with Gasteiger partial charge in [0.05, 0.1) is 12.2 Å². The standard InChI is InChI=1S/C16H25N3O3/c1-10(19-8-11(2)22-12(3)9-19)6-18-16(21)15-5-14(7-17-15)13(4)20/h5,7,10-12,17H,6,8-9H2,1-4H3,(H,18,21)/t10-,11-,12+/m0/s1. The van der Waals surface area contributed by atoms with Gasteiger partial charge in [-0.15, -0.1) is 0 Å². The first-order valence-electron chi connectivity index (χ1n) is 7.74. The van der Waals surface area contributed by atoms with Crippen LogP contribution < -0.4 is 5.32 Å². The Morgan fingerprint density at radius 1 is 1.41 bits per heavy atom. The van der Waals surface area contributed by atoms with Gasteiger partial charge in [0.1, 0.15) is 5.69 Å². The largest absolute Gasteiger partial charge is 0.373 e. The second kappa shape index (κ2) is 7.07. The fraction of sp³-hybridized carbons (Fsp3) is 0.625. The quantitative estimate of drug-likeness (QED) is 0.807. The van der Waals surface area contributed by atoms with Crippen LogP contribution >= 0.6 is 0 Å². The number of ether oxygens (including phenoxy) is 1. The fourth-order valence-corrected chi connectivity index (χ4v) is 2.77. The van der Waals surface area contributed by atoms with Crippen LogP contribution in [0, 0.1) is 0 Å². The van der Waals surface area contributed by atoms with E-state index < -0.39 is 0 Å². The number of carbonyl (C=O) groups is 2. The molecule has 1 aromatic rings. The van der Waals surface area contributed by atoms with Gasteiger partial charge in [0.2, 0.25) is 0 Å². The molecule has 0 unspecified atom stereocenters. The van der Waals surface area contributed by atoms with Gasteiger partial charge in [-0.1, -0.05) is 0 Å². The highest BCUT2D eigenvalue weighted by atomic mass is 16.5. The van der Waals surface area contributed by atoms with Crippen LogP contribution in [0.15, 0.2) is 12.3 Å². The molecule has 0 bridgehead atoms. The summed E-state index contributed by atoms with van der Waals surface area (Å²) in [6, 6.07) is 1.82. The number of ketones is 1. The molecule has 122 valence electrons. The Hall–Kier alpha value is -1.66. The molecule has 0 aliphatic carbocycles. The van der Waals surface area contributed by atoms with Crippen LogP contribution in [0.2, 0.25) is 0 Å². The molecule has 22 heavy (non-hydrogen) atoms. The van der Waals surface area contributed by atoms with Crippen LogP contribution in [0.5, 0.6) is 0 Å². The average molecular weight is 307 g/mol. The molecule has 1 amide bonds. The number of morpholine rings is 1. The summed E-state index contributed by atoms with van der Waals surface area (Å²) in [4.78, 5) is 28.5. The van der Waals surface area contributed by atoms with E-state index in [2.05, 4.69) is 36.0 Å². The van der Waals surface area contributed by atoms with E-state index in [4.69, 9.17) is 4.74 Å². The molecule has 0 radical (unpaired) electrons. The van der Waals surface area contributed by atoms with Crippen molar-refractivity contribution in [3.63, 3.8) is 0 Å². The van der Waals surface area contributed by atoms with E-state index in [1.807, 2.05) is 0 Å². The van der Waals surface area contributed by atoms with Crippen molar-refractivity contribution in [3.05, 3.63) is 23.5 Å². The van der Waals surface area contributed by atoms with Gasteiger partial charge in [0, 0.05) is 37.4 Å². The Kier molecular flexibility index (Phi) is 5.37. The van der Waals surface area contributed by atoms with Crippen molar-refractivity contribution in [1.29, 1.82) is 0 Å². The zero-order valence-corrected chi connectivity index (χ0v) is 13.7. The number of nitrogens with one attached hydrogen (secondary N) is 2. The van der Waals surface area contributed by atoms with Gasteiger partial charge in [0.25, 0.3) is 5.91 Å². The van der Waals surface area contributed by atoms with E-state index in [1.165, 1.54) is 6.92 Å². The Balaban J connectivity index is 1.85. The molecule has 2 rings (SSSR count). The fourth-order valence-electron chi connectivity index (χ4n) is 2.77. The zero-order chi connectivity index (χ0) is 16.3. The number of aromatic nitrogens is 1. The Labute approximate surface area is 131 Å². The summed E-state index contributed by atoms with van der Waals surface area (Å²) >= 11 is 0. The third-order valence-electron chi connectivity index (χ3n) is 3.96. The number of aromatic amines is 1. The molecular formula is C16H25N3O3. The van der Waals surface area contributed by atoms with Gasteiger partial charge in [-0.05, 0) is 33.8 Å². The highest BCUT2D eigenvalue weighted by Gasteiger charge is 2.26. The van der Waals surface area contributed by atoms with Gasteiger partial charge in [-0.2, -0.15) is 0 Å². The zero-order valence-electron chi connectivity index (χ0n) is 13.7. The lowest BCUT2D eigenvalue weighted by Crippen LogP contribution is -2.52. The Morgan fingerprint density at radius 2 is 2.05 bits per heavy atom. The normalized spacial score (nSPS) is 24.0. The number of nitrogens with zero attached hydrogens (tertiary/aromatic N) is 1.